The van der Waals surface area contributed by atoms with Crippen LogP contribution in [0.2, 0.25) is 0 Å². The van der Waals surface area contributed by atoms with Gasteiger partial charge in [0.2, 0.25) is 0 Å². The molecule has 7 heteroatoms. The maximum absolute atomic E-state index is 12.5. The quantitative estimate of drug-likeness (QED) is 0.664. The van der Waals surface area contributed by atoms with Gasteiger partial charge in [-0.3, -0.25) is 9.59 Å². The zero-order valence-electron chi connectivity index (χ0n) is 15.8. The predicted octanol–water partition coefficient (Wildman–Crippen LogP) is 4.21. The minimum Gasteiger partial charge on any atom is -0.487 e. The Morgan fingerprint density at radius 2 is 1.69 bits per heavy atom. The fourth-order valence-corrected chi connectivity index (χ4v) is 3.71. The first-order valence-corrected chi connectivity index (χ1v) is 10.4. The van der Waals surface area contributed by atoms with Crippen molar-refractivity contribution < 1.29 is 14.3 Å². The lowest BCUT2D eigenvalue weighted by molar-refractivity contribution is 0.0792. The number of hydrogen-bond donors (Lipinski definition) is 1. The number of carbonyl (C=O) groups excluding carboxylic acids is 2. The summed E-state index contributed by atoms with van der Waals surface area (Å²) in [5.74, 6) is 0.516. The Labute approximate surface area is 173 Å². The molecule has 0 saturated carbocycles. The molecule has 0 radical (unpaired) electrons. The zero-order chi connectivity index (χ0) is 20.1. The van der Waals surface area contributed by atoms with Crippen LogP contribution in [0.5, 0.6) is 5.75 Å². The summed E-state index contributed by atoms with van der Waals surface area (Å²) in [6.07, 6.45) is 2.13. The van der Waals surface area contributed by atoms with Gasteiger partial charge in [-0.05, 0) is 61.4 Å². The van der Waals surface area contributed by atoms with Gasteiger partial charge in [0, 0.05) is 35.3 Å². The van der Waals surface area contributed by atoms with Crippen molar-refractivity contribution in [3.63, 3.8) is 0 Å². The molecular formula is C22H21N3O3S. The van der Waals surface area contributed by atoms with Crippen molar-refractivity contribution in [2.75, 3.05) is 18.4 Å². The van der Waals surface area contributed by atoms with E-state index in [1.54, 1.807) is 54.0 Å². The van der Waals surface area contributed by atoms with E-state index in [9.17, 15) is 9.59 Å². The first-order valence-electron chi connectivity index (χ1n) is 9.50. The average Bonchev–Trinajstić information content (AvgIpc) is 3.47. The third-order valence-electron chi connectivity index (χ3n) is 4.77. The Hall–Kier alpha value is -3.19. The van der Waals surface area contributed by atoms with Gasteiger partial charge in [0.25, 0.3) is 11.8 Å². The smallest absolute Gasteiger partial charge is 0.255 e. The molecule has 0 bridgehead atoms. The molecule has 2 aromatic carbocycles. The molecule has 0 aliphatic carbocycles. The first kappa shape index (κ1) is 19.1. The molecular weight excluding hydrogens is 386 g/mol. The van der Waals surface area contributed by atoms with Crippen molar-refractivity contribution in [1.29, 1.82) is 0 Å². The van der Waals surface area contributed by atoms with Crippen molar-refractivity contribution in [3.05, 3.63) is 76.2 Å². The summed E-state index contributed by atoms with van der Waals surface area (Å²) in [6.45, 7) is 2.04. The number of carbonyl (C=O) groups is 2. The fourth-order valence-electron chi connectivity index (χ4n) is 3.17. The van der Waals surface area contributed by atoms with E-state index in [0.29, 0.717) is 29.2 Å². The number of hydrogen-bond acceptors (Lipinski definition) is 5. The van der Waals surface area contributed by atoms with Gasteiger partial charge in [-0.25, -0.2) is 4.98 Å². The van der Waals surface area contributed by atoms with Crippen molar-refractivity contribution in [2.45, 2.75) is 19.4 Å². The summed E-state index contributed by atoms with van der Waals surface area (Å²) in [4.78, 5) is 30.9. The molecule has 0 spiro atoms. The molecule has 0 unspecified atom stereocenters. The van der Waals surface area contributed by atoms with Crippen LogP contribution in [0.25, 0.3) is 0 Å². The Bertz CT molecular complexity index is 964. The van der Waals surface area contributed by atoms with Crippen LogP contribution in [-0.4, -0.2) is 34.8 Å². The van der Waals surface area contributed by atoms with Crippen LogP contribution < -0.4 is 10.1 Å². The van der Waals surface area contributed by atoms with E-state index in [0.717, 1.165) is 31.6 Å². The van der Waals surface area contributed by atoms with Gasteiger partial charge < -0.3 is 15.0 Å². The number of nitrogens with zero attached hydrogens (tertiary/aromatic N) is 2. The summed E-state index contributed by atoms with van der Waals surface area (Å²) >= 11 is 1.53. The molecule has 1 aliphatic heterocycles. The third kappa shape index (κ3) is 4.81. The molecule has 1 aromatic heterocycles. The van der Waals surface area contributed by atoms with Crippen molar-refractivity contribution in [2.24, 2.45) is 0 Å². The SMILES string of the molecule is O=C(Nc1ccc(C(=O)N2CCCC2)cc1)c1ccc(OCc2cscn2)cc1. The second-order valence-electron chi connectivity index (χ2n) is 6.82. The number of aromatic nitrogens is 1. The second-order valence-corrected chi connectivity index (χ2v) is 7.54. The van der Waals surface area contributed by atoms with Gasteiger partial charge in [-0.15, -0.1) is 11.3 Å². The van der Waals surface area contributed by atoms with Crippen molar-refractivity contribution in [1.82, 2.24) is 9.88 Å². The van der Waals surface area contributed by atoms with E-state index in [4.69, 9.17) is 4.74 Å². The van der Waals surface area contributed by atoms with Crippen molar-refractivity contribution in [3.8, 4) is 5.75 Å². The molecule has 1 fully saturated rings. The molecule has 2 amide bonds. The molecule has 1 N–H and O–H groups in total. The lowest BCUT2D eigenvalue weighted by Gasteiger charge is -2.15. The zero-order valence-corrected chi connectivity index (χ0v) is 16.7. The largest absolute Gasteiger partial charge is 0.487 e. The Kier molecular flexibility index (Phi) is 5.86. The number of benzene rings is 2. The summed E-state index contributed by atoms with van der Waals surface area (Å²) in [5.41, 5.74) is 4.47. The number of amides is 2. The highest BCUT2D eigenvalue weighted by Gasteiger charge is 2.19. The summed E-state index contributed by atoms with van der Waals surface area (Å²) < 4.78 is 5.66. The fraction of sp³-hybridized carbons (Fsp3) is 0.227. The molecule has 3 aromatic rings. The van der Waals surface area contributed by atoms with E-state index in [1.165, 1.54) is 11.3 Å². The molecule has 6 nitrogen and oxygen atoms in total. The lowest BCUT2D eigenvalue weighted by atomic mass is 10.1. The minimum absolute atomic E-state index is 0.0496. The maximum atomic E-state index is 12.5. The molecule has 2 heterocycles. The number of anilines is 1. The highest BCUT2D eigenvalue weighted by atomic mass is 32.1. The van der Waals surface area contributed by atoms with Crippen LogP contribution >= 0.6 is 11.3 Å². The Morgan fingerprint density at radius 3 is 2.34 bits per heavy atom. The van der Waals surface area contributed by atoms with Crippen LogP contribution in [0.4, 0.5) is 5.69 Å². The molecule has 4 rings (SSSR count). The van der Waals surface area contributed by atoms with Crippen LogP contribution in [0.3, 0.4) is 0 Å². The number of rotatable bonds is 6. The summed E-state index contributed by atoms with van der Waals surface area (Å²) in [6, 6.07) is 14.0. The minimum atomic E-state index is -0.213. The average molecular weight is 407 g/mol. The number of thiazole rings is 1. The standard InChI is InChI=1S/C22H21N3O3S/c26-21(16-5-9-20(10-6-16)28-13-19-14-29-15-23-19)24-18-7-3-17(4-8-18)22(27)25-11-1-2-12-25/h3-10,14-15H,1-2,11-13H2,(H,24,26). The normalized spacial score (nSPS) is 13.3. The van der Waals surface area contributed by atoms with Gasteiger partial charge in [0.05, 0.1) is 11.2 Å². The first-order chi connectivity index (χ1) is 14.2. The highest BCUT2D eigenvalue weighted by Crippen LogP contribution is 2.18. The van der Waals surface area contributed by atoms with Gasteiger partial charge in [-0.2, -0.15) is 0 Å². The molecule has 148 valence electrons. The van der Waals surface area contributed by atoms with Crippen molar-refractivity contribution >= 4 is 28.8 Å². The van der Waals surface area contributed by atoms with E-state index in [-0.39, 0.29) is 11.8 Å². The maximum Gasteiger partial charge on any atom is 0.255 e. The monoisotopic (exact) mass is 407 g/mol. The van der Waals surface area contributed by atoms with E-state index in [1.807, 2.05) is 10.3 Å². The van der Waals surface area contributed by atoms with Crippen LogP contribution in [-0.2, 0) is 6.61 Å². The van der Waals surface area contributed by atoms with Crippen LogP contribution in [0, 0.1) is 0 Å². The number of ether oxygens (including phenoxy) is 1. The predicted molar refractivity (Wildman–Crippen MR) is 112 cm³/mol. The van der Waals surface area contributed by atoms with Gasteiger partial charge in [0.1, 0.15) is 12.4 Å². The van der Waals surface area contributed by atoms with E-state index >= 15 is 0 Å². The Morgan fingerprint density at radius 1 is 1.00 bits per heavy atom. The van der Waals surface area contributed by atoms with E-state index in [2.05, 4.69) is 10.3 Å². The van der Waals surface area contributed by atoms with Crippen LogP contribution in [0.15, 0.2) is 59.4 Å². The number of nitrogens with one attached hydrogen (secondary N) is 1. The van der Waals surface area contributed by atoms with Gasteiger partial charge in [0.15, 0.2) is 0 Å². The summed E-state index contributed by atoms with van der Waals surface area (Å²) in [7, 11) is 0. The number of likely N-dealkylation sites (tertiary alicyclic amines) is 1. The van der Waals surface area contributed by atoms with Crippen LogP contribution in [0.1, 0.15) is 39.3 Å². The highest BCUT2D eigenvalue weighted by molar-refractivity contribution is 7.07. The molecule has 1 aliphatic rings. The molecule has 0 atom stereocenters. The van der Waals surface area contributed by atoms with Gasteiger partial charge in [-0.1, -0.05) is 0 Å². The molecule has 1 saturated heterocycles. The molecule has 29 heavy (non-hydrogen) atoms. The third-order valence-corrected chi connectivity index (χ3v) is 5.40. The summed E-state index contributed by atoms with van der Waals surface area (Å²) in [5, 5.41) is 4.79. The lowest BCUT2D eigenvalue weighted by Crippen LogP contribution is -2.27. The van der Waals surface area contributed by atoms with E-state index < -0.39 is 0 Å². The Balaban J connectivity index is 1.33. The second kappa shape index (κ2) is 8.87. The topological polar surface area (TPSA) is 71.5 Å². The van der Waals surface area contributed by atoms with Gasteiger partial charge >= 0.3 is 0 Å².